The lowest BCUT2D eigenvalue weighted by atomic mass is 9.92. The van der Waals surface area contributed by atoms with Gasteiger partial charge in [0.05, 0.1) is 0 Å². The third-order valence-electron chi connectivity index (χ3n) is 4.28. The summed E-state index contributed by atoms with van der Waals surface area (Å²) in [6, 6.07) is 6.77. The van der Waals surface area contributed by atoms with E-state index < -0.39 is 5.97 Å². The number of carboxylic acid groups (broad SMARTS) is 1. The van der Waals surface area contributed by atoms with Crippen molar-refractivity contribution in [2.45, 2.75) is 12.8 Å². The third kappa shape index (κ3) is 2.81. The fourth-order valence-corrected chi connectivity index (χ4v) is 3.53. The Bertz CT molecular complexity index is 613. The number of carbonyl (C=O) groups excluding carboxylic acids is 1. The van der Waals surface area contributed by atoms with Gasteiger partial charge in [-0.05, 0) is 42.9 Å². The van der Waals surface area contributed by atoms with Crippen molar-refractivity contribution in [2.75, 3.05) is 11.4 Å². The summed E-state index contributed by atoms with van der Waals surface area (Å²) < 4.78 is 0. The molecule has 3 atom stereocenters. The van der Waals surface area contributed by atoms with E-state index in [1.807, 2.05) is 0 Å². The molecule has 0 heterocycles. The molecule has 3 rings (SSSR count). The standard InChI is InChI=1S/C16H16ClNO3/c17-12-2-1-3-13(8-12)18(9-15(19)20)16(21)14-7-10-4-5-11(14)6-10/h1-5,8,10-11,14H,6-7,9H2,(H,19,20). The van der Waals surface area contributed by atoms with Gasteiger partial charge in [0.25, 0.3) is 0 Å². The molecular formula is C16H16ClNO3. The summed E-state index contributed by atoms with van der Waals surface area (Å²) in [5.74, 6) is -0.537. The number of benzene rings is 1. The van der Waals surface area contributed by atoms with Crippen molar-refractivity contribution in [1.29, 1.82) is 0 Å². The van der Waals surface area contributed by atoms with Gasteiger partial charge < -0.3 is 10.0 Å². The Morgan fingerprint density at radius 1 is 1.29 bits per heavy atom. The number of carbonyl (C=O) groups is 2. The van der Waals surface area contributed by atoms with E-state index in [0.29, 0.717) is 16.6 Å². The van der Waals surface area contributed by atoms with Gasteiger partial charge in [0.15, 0.2) is 0 Å². The van der Waals surface area contributed by atoms with Crippen LogP contribution in [0.3, 0.4) is 0 Å². The van der Waals surface area contributed by atoms with Gasteiger partial charge in [0.2, 0.25) is 5.91 Å². The summed E-state index contributed by atoms with van der Waals surface area (Å²) in [5.41, 5.74) is 0.543. The summed E-state index contributed by atoms with van der Waals surface area (Å²) in [5, 5.41) is 9.59. The second kappa shape index (κ2) is 5.53. The van der Waals surface area contributed by atoms with Crippen molar-refractivity contribution in [3.05, 3.63) is 41.4 Å². The number of carboxylic acids is 1. The molecule has 1 aromatic carbocycles. The van der Waals surface area contributed by atoms with Crippen molar-refractivity contribution < 1.29 is 14.7 Å². The van der Waals surface area contributed by atoms with Crippen LogP contribution < -0.4 is 4.90 Å². The highest BCUT2D eigenvalue weighted by Gasteiger charge is 2.42. The normalized spacial score (nSPS) is 26.0. The van der Waals surface area contributed by atoms with Crippen molar-refractivity contribution in [3.8, 4) is 0 Å². The quantitative estimate of drug-likeness (QED) is 0.870. The summed E-state index contributed by atoms with van der Waals surface area (Å²) in [4.78, 5) is 25.2. The molecule has 3 unspecified atom stereocenters. The maximum atomic E-state index is 12.8. The van der Waals surface area contributed by atoms with Gasteiger partial charge in [-0.1, -0.05) is 29.8 Å². The molecule has 2 aliphatic carbocycles. The average molecular weight is 306 g/mol. The number of fused-ring (bicyclic) bond motifs is 2. The Hall–Kier alpha value is -1.81. The highest BCUT2D eigenvalue weighted by Crippen LogP contribution is 2.44. The zero-order valence-electron chi connectivity index (χ0n) is 11.4. The zero-order chi connectivity index (χ0) is 15.0. The van der Waals surface area contributed by atoms with Crippen molar-refractivity contribution in [1.82, 2.24) is 0 Å². The topological polar surface area (TPSA) is 57.6 Å². The molecule has 1 fully saturated rings. The van der Waals surface area contributed by atoms with E-state index >= 15 is 0 Å². The van der Waals surface area contributed by atoms with Gasteiger partial charge in [-0.2, -0.15) is 0 Å². The van der Waals surface area contributed by atoms with Crippen molar-refractivity contribution in [3.63, 3.8) is 0 Å². The molecule has 0 aliphatic heterocycles. The molecule has 1 N–H and O–H groups in total. The van der Waals surface area contributed by atoms with Crippen LogP contribution in [0.25, 0.3) is 0 Å². The summed E-state index contributed by atoms with van der Waals surface area (Å²) in [6.45, 7) is -0.337. The maximum Gasteiger partial charge on any atom is 0.323 e. The number of rotatable bonds is 4. The fraction of sp³-hybridized carbons (Fsp3) is 0.375. The molecule has 0 aromatic heterocycles. The van der Waals surface area contributed by atoms with Gasteiger partial charge >= 0.3 is 5.97 Å². The monoisotopic (exact) mass is 305 g/mol. The van der Waals surface area contributed by atoms with Crippen LogP contribution in [0.5, 0.6) is 0 Å². The molecule has 0 saturated heterocycles. The number of hydrogen-bond donors (Lipinski definition) is 1. The predicted octanol–water partition coefficient (Wildman–Crippen LogP) is 2.97. The minimum absolute atomic E-state index is 0.113. The molecule has 2 aliphatic rings. The van der Waals surface area contributed by atoms with Crippen molar-refractivity contribution in [2.24, 2.45) is 17.8 Å². The maximum absolute atomic E-state index is 12.8. The number of amides is 1. The zero-order valence-corrected chi connectivity index (χ0v) is 12.2. The second-order valence-electron chi connectivity index (χ2n) is 5.68. The molecule has 1 saturated carbocycles. The average Bonchev–Trinajstić information content (AvgIpc) is 3.06. The number of halogens is 1. The van der Waals surface area contributed by atoms with Crippen LogP contribution in [-0.4, -0.2) is 23.5 Å². The molecule has 1 aromatic rings. The Labute approximate surface area is 128 Å². The SMILES string of the molecule is O=C(O)CN(C(=O)C1CC2C=CC1C2)c1cccc(Cl)c1. The van der Waals surface area contributed by atoms with E-state index in [2.05, 4.69) is 12.2 Å². The van der Waals surface area contributed by atoms with E-state index in [0.717, 1.165) is 12.8 Å². The smallest absolute Gasteiger partial charge is 0.323 e. The molecule has 4 nitrogen and oxygen atoms in total. The lowest BCUT2D eigenvalue weighted by Gasteiger charge is -2.27. The molecule has 110 valence electrons. The Kier molecular flexibility index (Phi) is 3.72. The molecule has 0 spiro atoms. The molecule has 5 heteroatoms. The van der Waals surface area contributed by atoms with Crippen LogP contribution >= 0.6 is 11.6 Å². The summed E-state index contributed by atoms with van der Waals surface area (Å²) >= 11 is 5.96. The molecule has 21 heavy (non-hydrogen) atoms. The van der Waals surface area contributed by atoms with E-state index in [4.69, 9.17) is 16.7 Å². The number of hydrogen-bond acceptors (Lipinski definition) is 2. The van der Waals surface area contributed by atoms with Crippen molar-refractivity contribution >= 4 is 29.2 Å². The fourth-order valence-electron chi connectivity index (χ4n) is 3.34. The lowest BCUT2D eigenvalue weighted by molar-refractivity contribution is -0.137. The highest BCUT2D eigenvalue weighted by atomic mass is 35.5. The molecule has 0 radical (unpaired) electrons. The van der Waals surface area contributed by atoms with E-state index in [1.54, 1.807) is 24.3 Å². The highest BCUT2D eigenvalue weighted by molar-refractivity contribution is 6.31. The third-order valence-corrected chi connectivity index (χ3v) is 4.51. The van der Waals surface area contributed by atoms with Crippen LogP contribution in [0.4, 0.5) is 5.69 Å². The first-order valence-electron chi connectivity index (χ1n) is 7.01. The van der Waals surface area contributed by atoms with Crippen LogP contribution in [-0.2, 0) is 9.59 Å². The van der Waals surface area contributed by atoms with Gasteiger partial charge in [0, 0.05) is 16.6 Å². The largest absolute Gasteiger partial charge is 0.480 e. The number of allylic oxidation sites excluding steroid dienone is 2. The predicted molar refractivity (Wildman–Crippen MR) is 80.3 cm³/mol. The molecule has 1 amide bonds. The number of anilines is 1. The van der Waals surface area contributed by atoms with Crippen LogP contribution in [0.2, 0.25) is 5.02 Å². The number of nitrogens with zero attached hydrogens (tertiary/aromatic N) is 1. The Balaban J connectivity index is 1.87. The summed E-state index contributed by atoms with van der Waals surface area (Å²) in [6.07, 6.45) is 6.08. The van der Waals surface area contributed by atoms with Crippen LogP contribution in [0, 0.1) is 17.8 Å². The van der Waals surface area contributed by atoms with Gasteiger partial charge in [-0.25, -0.2) is 0 Å². The number of aliphatic carboxylic acids is 1. The van der Waals surface area contributed by atoms with Crippen LogP contribution in [0.15, 0.2) is 36.4 Å². The van der Waals surface area contributed by atoms with E-state index in [9.17, 15) is 9.59 Å². The second-order valence-corrected chi connectivity index (χ2v) is 6.12. The molecular weight excluding hydrogens is 290 g/mol. The minimum atomic E-state index is -1.03. The van der Waals surface area contributed by atoms with E-state index in [1.165, 1.54) is 4.90 Å². The first kappa shape index (κ1) is 14.1. The van der Waals surface area contributed by atoms with Crippen LogP contribution in [0.1, 0.15) is 12.8 Å². The Morgan fingerprint density at radius 3 is 2.67 bits per heavy atom. The van der Waals surface area contributed by atoms with Gasteiger partial charge in [-0.15, -0.1) is 0 Å². The van der Waals surface area contributed by atoms with Gasteiger partial charge in [0.1, 0.15) is 6.54 Å². The minimum Gasteiger partial charge on any atom is -0.480 e. The molecule has 2 bridgehead atoms. The first-order valence-corrected chi connectivity index (χ1v) is 7.39. The lowest BCUT2D eigenvalue weighted by Crippen LogP contribution is -2.41. The van der Waals surface area contributed by atoms with E-state index in [-0.39, 0.29) is 24.3 Å². The Morgan fingerprint density at radius 2 is 2.10 bits per heavy atom. The van der Waals surface area contributed by atoms with Gasteiger partial charge in [-0.3, -0.25) is 9.59 Å². The summed E-state index contributed by atoms with van der Waals surface area (Å²) in [7, 11) is 0. The first-order chi connectivity index (χ1) is 10.0.